The molecule has 2 N–H and O–H groups in total. The van der Waals surface area contributed by atoms with Crippen LogP contribution in [0.15, 0.2) is 24.5 Å². The van der Waals surface area contributed by atoms with E-state index in [0.29, 0.717) is 5.92 Å². The molecule has 1 aliphatic rings. The van der Waals surface area contributed by atoms with E-state index in [1.807, 2.05) is 12.3 Å². The largest absolute Gasteiger partial charge is 0.370 e. The number of anilines is 1. The van der Waals surface area contributed by atoms with E-state index >= 15 is 0 Å². The number of pyridine rings is 1. The zero-order valence-electron chi connectivity index (χ0n) is 12.1. The number of carbonyl (C=O) groups is 1. The van der Waals surface area contributed by atoms with Crippen LogP contribution in [0.1, 0.15) is 26.2 Å². The van der Waals surface area contributed by atoms with Crippen LogP contribution >= 0.6 is 0 Å². The molecule has 0 aromatic carbocycles. The summed E-state index contributed by atoms with van der Waals surface area (Å²) >= 11 is 0. The molecule has 1 aromatic heterocycles. The highest BCUT2D eigenvalue weighted by atomic mass is 16.2. The van der Waals surface area contributed by atoms with Gasteiger partial charge in [-0.1, -0.05) is 6.92 Å². The Morgan fingerprint density at radius 1 is 1.40 bits per heavy atom. The van der Waals surface area contributed by atoms with E-state index in [0.717, 1.165) is 45.4 Å². The fraction of sp³-hybridized carbons (Fsp3) is 0.600. The van der Waals surface area contributed by atoms with Gasteiger partial charge in [-0.25, -0.2) is 4.79 Å². The van der Waals surface area contributed by atoms with E-state index in [1.165, 1.54) is 5.69 Å². The van der Waals surface area contributed by atoms with Crippen molar-refractivity contribution in [2.45, 2.75) is 26.2 Å². The maximum absolute atomic E-state index is 11.5. The minimum absolute atomic E-state index is 0.0402. The minimum Gasteiger partial charge on any atom is -0.370 e. The number of nitrogens with one attached hydrogen (secondary N) is 2. The molecule has 1 aromatic rings. The van der Waals surface area contributed by atoms with Crippen molar-refractivity contribution < 1.29 is 4.79 Å². The predicted molar refractivity (Wildman–Crippen MR) is 80.9 cm³/mol. The lowest BCUT2D eigenvalue weighted by Gasteiger charge is -2.33. The maximum atomic E-state index is 11.5. The van der Waals surface area contributed by atoms with Crippen molar-refractivity contribution in [3.05, 3.63) is 24.5 Å². The fourth-order valence-corrected chi connectivity index (χ4v) is 2.47. The van der Waals surface area contributed by atoms with E-state index in [-0.39, 0.29) is 6.03 Å². The van der Waals surface area contributed by atoms with E-state index < -0.39 is 0 Å². The van der Waals surface area contributed by atoms with E-state index in [2.05, 4.69) is 33.5 Å². The van der Waals surface area contributed by atoms with E-state index in [1.54, 1.807) is 6.20 Å². The van der Waals surface area contributed by atoms with Crippen LogP contribution in [0.5, 0.6) is 0 Å². The lowest BCUT2D eigenvalue weighted by molar-refractivity contribution is 0.237. The van der Waals surface area contributed by atoms with E-state index in [4.69, 9.17) is 0 Å². The molecule has 5 nitrogen and oxygen atoms in total. The molecule has 2 amide bonds. The molecule has 1 saturated heterocycles. The monoisotopic (exact) mass is 276 g/mol. The van der Waals surface area contributed by atoms with Crippen LogP contribution in [0.4, 0.5) is 10.5 Å². The number of amides is 2. The zero-order chi connectivity index (χ0) is 14.2. The van der Waals surface area contributed by atoms with E-state index in [9.17, 15) is 4.79 Å². The summed E-state index contributed by atoms with van der Waals surface area (Å²) in [6.07, 6.45) is 6.91. The molecule has 0 unspecified atom stereocenters. The molecular formula is C15H24N4O. The summed E-state index contributed by atoms with van der Waals surface area (Å²) in [5.41, 5.74) is 1.19. The number of aromatic nitrogens is 1. The van der Waals surface area contributed by atoms with Crippen molar-refractivity contribution in [2.75, 3.05) is 31.1 Å². The number of rotatable bonds is 5. The number of carbonyl (C=O) groups excluding carboxylic acids is 1. The van der Waals surface area contributed by atoms with Gasteiger partial charge in [-0.3, -0.25) is 4.98 Å². The Kier molecular flexibility index (Phi) is 5.65. The first-order chi connectivity index (χ1) is 9.79. The first-order valence-electron chi connectivity index (χ1n) is 7.46. The molecule has 2 rings (SSSR count). The highest BCUT2D eigenvalue weighted by Gasteiger charge is 2.19. The van der Waals surface area contributed by atoms with Crippen LogP contribution in [0, 0.1) is 5.92 Å². The van der Waals surface area contributed by atoms with Gasteiger partial charge in [0.1, 0.15) is 0 Å². The maximum Gasteiger partial charge on any atom is 0.314 e. The molecule has 5 heteroatoms. The Bertz CT molecular complexity index is 402. The molecular weight excluding hydrogens is 252 g/mol. The molecule has 20 heavy (non-hydrogen) atoms. The molecule has 0 radical (unpaired) electrons. The molecule has 0 aliphatic carbocycles. The predicted octanol–water partition coefficient (Wildman–Crippen LogP) is 2.01. The Morgan fingerprint density at radius 2 is 2.20 bits per heavy atom. The van der Waals surface area contributed by atoms with Crippen molar-refractivity contribution in [1.82, 2.24) is 15.6 Å². The number of urea groups is 1. The first kappa shape index (κ1) is 14.6. The lowest BCUT2D eigenvalue weighted by Crippen LogP contribution is -2.42. The quantitative estimate of drug-likeness (QED) is 0.865. The SMILES string of the molecule is CCCNC(=O)NCC1CCN(c2cccnc2)CC1. The van der Waals surface area contributed by atoms with Gasteiger partial charge in [0.05, 0.1) is 11.9 Å². The molecule has 1 fully saturated rings. The van der Waals surface area contributed by atoms with Crippen LogP contribution in [-0.4, -0.2) is 37.2 Å². The summed E-state index contributed by atoms with van der Waals surface area (Å²) in [5, 5.41) is 5.80. The van der Waals surface area contributed by atoms with Crippen LogP contribution in [0.25, 0.3) is 0 Å². The van der Waals surface area contributed by atoms with Gasteiger partial charge in [-0.05, 0) is 37.3 Å². The summed E-state index contributed by atoms with van der Waals surface area (Å²) in [6, 6.07) is 4.03. The number of nitrogens with zero attached hydrogens (tertiary/aromatic N) is 2. The van der Waals surface area contributed by atoms with Gasteiger partial charge >= 0.3 is 6.03 Å². The highest BCUT2D eigenvalue weighted by molar-refractivity contribution is 5.73. The van der Waals surface area contributed by atoms with Crippen molar-refractivity contribution in [3.63, 3.8) is 0 Å². The van der Waals surface area contributed by atoms with Gasteiger partial charge in [0.2, 0.25) is 0 Å². The average Bonchev–Trinajstić information content (AvgIpc) is 2.52. The van der Waals surface area contributed by atoms with Gasteiger partial charge in [0, 0.05) is 32.4 Å². The van der Waals surface area contributed by atoms with Crippen molar-refractivity contribution in [1.29, 1.82) is 0 Å². The second kappa shape index (κ2) is 7.72. The molecule has 110 valence electrons. The molecule has 0 saturated carbocycles. The third-order valence-corrected chi connectivity index (χ3v) is 3.71. The number of piperidine rings is 1. The van der Waals surface area contributed by atoms with Gasteiger partial charge < -0.3 is 15.5 Å². The van der Waals surface area contributed by atoms with Crippen LogP contribution in [0.3, 0.4) is 0 Å². The third kappa shape index (κ3) is 4.40. The minimum atomic E-state index is -0.0402. The smallest absolute Gasteiger partial charge is 0.314 e. The molecule has 1 aliphatic heterocycles. The molecule has 0 atom stereocenters. The number of hydrogen-bond acceptors (Lipinski definition) is 3. The average molecular weight is 276 g/mol. The molecule has 0 spiro atoms. The first-order valence-corrected chi connectivity index (χ1v) is 7.46. The second-order valence-corrected chi connectivity index (χ2v) is 5.28. The summed E-state index contributed by atoms with van der Waals surface area (Å²) in [5.74, 6) is 0.579. The standard InChI is InChI=1S/C15H24N4O/c1-2-7-17-15(20)18-11-13-5-9-19(10-6-13)14-4-3-8-16-12-14/h3-4,8,12-13H,2,5-7,9-11H2,1H3,(H2,17,18,20). The summed E-state index contributed by atoms with van der Waals surface area (Å²) in [6.45, 7) is 5.64. The van der Waals surface area contributed by atoms with Gasteiger partial charge in [-0.2, -0.15) is 0 Å². The highest BCUT2D eigenvalue weighted by Crippen LogP contribution is 2.21. The van der Waals surface area contributed by atoms with Crippen LogP contribution in [0.2, 0.25) is 0 Å². The Labute approximate surface area is 120 Å². The Balaban J connectivity index is 1.68. The van der Waals surface area contributed by atoms with Crippen LogP contribution in [-0.2, 0) is 0 Å². The zero-order valence-corrected chi connectivity index (χ0v) is 12.1. The Morgan fingerprint density at radius 3 is 2.85 bits per heavy atom. The summed E-state index contributed by atoms with van der Waals surface area (Å²) < 4.78 is 0. The summed E-state index contributed by atoms with van der Waals surface area (Å²) in [4.78, 5) is 18.0. The summed E-state index contributed by atoms with van der Waals surface area (Å²) in [7, 11) is 0. The third-order valence-electron chi connectivity index (χ3n) is 3.71. The van der Waals surface area contributed by atoms with Gasteiger partial charge in [0.25, 0.3) is 0 Å². The normalized spacial score (nSPS) is 15.9. The lowest BCUT2D eigenvalue weighted by atomic mass is 9.96. The topological polar surface area (TPSA) is 57.3 Å². The Hall–Kier alpha value is -1.78. The van der Waals surface area contributed by atoms with Crippen LogP contribution < -0.4 is 15.5 Å². The fourth-order valence-electron chi connectivity index (χ4n) is 2.47. The van der Waals surface area contributed by atoms with Crippen molar-refractivity contribution in [2.24, 2.45) is 5.92 Å². The van der Waals surface area contributed by atoms with Crippen molar-refractivity contribution in [3.8, 4) is 0 Å². The number of hydrogen-bond donors (Lipinski definition) is 2. The second-order valence-electron chi connectivity index (χ2n) is 5.28. The molecule has 2 heterocycles. The molecule has 0 bridgehead atoms. The van der Waals surface area contributed by atoms with Gasteiger partial charge in [0.15, 0.2) is 0 Å². The van der Waals surface area contributed by atoms with Gasteiger partial charge in [-0.15, -0.1) is 0 Å². The van der Waals surface area contributed by atoms with Crippen molar-refractivity contribution >= 4 is 11.7 Å².